The van der Waals surface area contributed by atoms with Crippen molar-refractivity contribution in [3.8, 4) is 6.07 Å². The molecule has 0 saturated carbocycles. The number of ether oxygens (including phenoxy) is 2. The molecule has 1 heterocycles. The number of nitrogens with one attached hydrogen (secondary N) is 2. The van der Waals surface area contributed by atoms with Gasteiger partial charge < -0.3 is 20.1 Å². The number of allylic oxidation sites excluding steroid dienone is 2. The summed E-state index contributed by atoms with van der Waals surface area (Å²) in [6, 6.07) is 16.4. The molecule has 3 rings (SSSR count). The second kappa shape index (κ2) is 12.8. The minimum atomic E-state index is -0.675. The molecule has 2 N–H and O–H groups in total. The summed E-state index contributed by atoms with van der Waals surface area (Å²) >= 11 is 10.6. The van der Waals surface area contributed by atoms with Gasteiger partial charge in [-0.3, -0.25) is 4.79 Å². The summed E-state index contributed by atoms with van der Waals surface area (Å²) in [5.74, 6) is -1.38. The maximum Gasteiger partial charge on any atom is 0.336 e. The van der Waals surface area contributed by atoms with E-state index in [0.717, 1.165) is 4.47 Å². The first-order chi connectivity index (χ1) is 16.8. The van der Waals surface area contributed by atoms with E-state index in [9.17, 15) is 14.9 Å². The molecular formula is C25H23BrClN3O4S. The van der Waals surface area contributed by atoms with Gasteiger partial charge in [-0.05, 0) is 48.9 Å². The molecule has 0 fully saturated rings. The van der Waals surface area contributed by atoms with E-state index in [1.165, 1.54) is 18.9 Å². The number of methoxy groups -OCH3 is 1. The molecule has 182 valence electrons. The predicted molar refractivity (Wildman–Crippen MR) is 141 cm³/mol. The Morgan fingerprint density at radius 2 is 1.86 bits per heavy atom. The molecule has 2 aromatic rings. The van der Waals surface area contributed by atoms with Crippen molar-refractivity contribution in [2.75, 3.05) is 31.4 Å². The Labute approximate surface area is 221 Å². The molecule has 0 aromatic heterocycles. The molecule has 0 spiro atoms. The number of nitriles is 1. The Morgan fingerprint density at radius 3 is 2.49 bits per heavy atom. The summed E-state index contributed by atoms with van der Waals surface area (Å²) in [7, 11) is 1.52. The number of halogens is 2. The number of carbonyl (C=O) groups excluding carboxylic acids is 2. The van der Waals surface area contributed by atoms with Crippen LogP contribution >= 0.6 is 39.3 Å². The Morgan fingerprint density at radius 1 is 1.17 bits per heavy atom. The minimum absolute atomic E-state index is 0.0673. The van der Waals surface area contributed by atoms with E-state index in [1.54, 1.807) is 43.3 Å². The zero-order chi connectivity index (χ0) is 25.4. The number of hydrogen-bond donors (Lipinski definition) is 2. The largest absolute Gasteiger partial charge is 0.460 e. The molecular weight excluding hydrogens is 554 g/mol. The smallest absolute Gasteiger partial charge is 0.336 e. The highest BCUT2D eigenvalue weighted by Crippen LogP contribution is 2.41. The van der Waals surface area contributed by atoms with Gasteiger partial charge in [0.05, 0.1) is 40.5 Å². The highest BCUT2D eigenvalue weighted by Gasteiger charge is 2.35. The number of nitrogens with zero attached hydrogens (tertiary/aromatic N) is 1. The lowest BCUT2D eigenvalue weighted by atomic mass is 9.82. The van der Waals surface area contributed by atoms with E-state index in [0.29, 0.717) is 38.1 Å². The van der Waals surface area contributed by atoms with Crippen molar-refractivity contribution in [1.82, 2.24) is 5.32 Å². The predicted octanol–water partition coefficient (Wildman–Crippen LogP) is 5.36. The van der Waals surface area contributed by atoms with Gasteiger partial charge in [0.2, 0.25) is 5.91 Å². The molecule has 1 atom stereocenters. The second-order valence-corrected chi connectivity index (χ2v) is 9.81. The van der Waals surface area contributed by atoms with Crippen LogP contribution in [0.15, 0.2) is 74.9 Å². The van der Waals surface area contributed by atoms with Crippen LogP contribution in [0.5, 0.6) is 0 Å². The summed E-state index contributed by atoms with van der Waals surface area (Å²) in [5.41, 5.74) is 2.56. The van der Waals surface area contributed by atoms with Crippen molar-refractivity contribution in [3.63, 3.8) is 0 Å². The molecule has 35 heavy (non-hydrogen) atoms. The van der Waals surface area contributed by atoms with Gasteiger partial charge in [-0.15, -0.1) is 0 Å². The molecule has 1 aliphatic rings. The van der Waals surface area contributed by atoms with Gasteiger partial charge in [0.1, 0.15) is 6.61 Å². The van der Waals surface area contributed by atoms with Crippen LogP contribution in [-0.2, 0) is 19.1 Å². The van der Waals surface area contributed by atoms with E-state index in [2.05, 4.69) is 32.6 Å². The number of anilines is 1. The maximum absolute atomic E-state index is 13.0. The molecule has 1 aliphatic heterocycles. The molecule has 2 aromatic carbocycles. The van der Waals surface area contributed by atoms with Gasteiger partial charge in [-0.2, -0.15) is 5.26 Å². The summed E-state index contributed by atoms with van der Waals surface area (Å²) in [5, 5.41) is 17.1. The van der Waals surface area contributed by atoms with Crippen molar-refractivity contribution in [2.45, 2.75) is 12.8 Å². The van der Waals surface area contributed by atoms with Crippen LogP contribution in [0.1, 0.15) is 18.4 Å². The van der Waals surface area contributed by atoms with Crippen LogP contribution < -0.4 is 10.6 Å². The Balaban J connectivity index is 1.86. The molecule has 0 aliphatic carbocycles. The summed E-state index contributed by atoms with van der Waals surface area (Å²) in [6.45, 7) is 2.09. The Bertz CT molecular complexity index is 1190. The zero-order valence-corrected chi connectivity index (χ0v) is 22.2. The SMILES string of the molecule is COCCOC(=O)C1=C(C)NC(SCC(=O)Nc2ccc(Br)cc2)=C(C#N)C1c1ccc(Cl)cc1. The fourth-order valence-corrected chi connectivity index (χ4v) is 4.73. The van der Waals surface area contributed by atoms with Crippen LogP contribution in [0.4, 0.5) is 5.69 Å². The summed E-state index contributed by atoms with van der Waals surface area (Å²) in [6.07, 6.45) is 0. The van der Waals surface area contributed by atoms with Crippen molar-refractivity contribution in [2.24, 2.45) is 0 Å². The summed E-state index contributed by atoms with van der Waals surface area (Å²) < 4.78 is 11.2. The van der Waals surface area contributed by atoms with Crippen molar-refractivity contribution in [3.05, 3.63) is 85.5 Å². The number of hydrogen-bond acceptors (Lipinski definition) is 7. The van der Waals surface area contributed by atoms with Gasteiger partial charge in [0.25, 0.3) is 0 Å². The fraction of sp³-hybridized carbons (Fsp3) is 0.240. The highest BCUT2D eigenvalue weighted by molar-refractivity contribution is 9.10. The zero-order valence-electron chi connectivity index (χ0n) is 19.1. The van der Waals surface area contributed by atoms with Crippen LogP contribution in [0.25, 0.3) is 0 Å². The number of carbonyl (C=O) groups is 2. The average Bonchev–Trinajstić information content (AvgIpc) is 2.84. The standard InChI is InChI=1S/C25H23BrClN3O4S/c1-15-22(25(32)34-12-11-33-2)23(16-3-7-18(27)8-4-16)20(13-28)24(29-15)35-14-21(31)30-19-9-5-17(26)6-10-19/h3-10,23,29H,11-12,14H2,1-2H3,(H,30,31). The van der Waals surface area contributed by atoms with E-state index in [1.807, 2.05) is 12.1 Å². The number of rotatable bonds is 9. The van der Waals surface area contributed by atoms with Crippen LogP contribution in [0, 0.1) is 11.3 Å². The van der Waals surface area contributed by atoms with Gasteiger partial charge in [0.15, 0.2) is 0 Å². The highest BCUT2D eigenvalue weighted by atomic mass is 79.9. The van der Waals surface area contributed by atoms with E-state index >= 15 is 0 Å². The third kappa shape index (κ3) is 7.12. The second-order valence-electron chi connectivity index (χ2n) is 7.48. The van der Waals surface area contributed by atoms with Gasteiger partial charge in [-0.25, -0.2) is 4.79 Å². The number of thioether (sulfide) groups is 1. The van der Waals surface area contributed by atoms with E-state index in [-0.39, 0.29) is 24.9 Å². The molecule has 0 bridgehead atoms. The molecule has 7 nitrogen and oxygen atoms in total. The first-order valence-corrected chi connectivity index (χ1v) is 12.7. The molecule has 1 unspecified atom stereocenters. The topological polar surface area (TPSA) is 100 Å². The number of amides is 1. The Hall–Kier alpha value is -2.77. The first-order valence-electron chi connectivity index (χ1n) is 10.6. The lowest BCUT2D eigenvalue weighted by Crippen LogP contribution is -2.29. The quantitative estimate of drug-likeness (QED) is 0.306. The third-order valence-electron chi connectivity index (χ3n) is 5.07. The van der Waals surface area contributed by atoms with Crippen molar-refractivity contribution < 1.29 is 19.1 Å². The number of benzene rings is 2. The lowest BCUT2D eigenvalue weighted by Gasteiger charge is -2.29. The lowest BCUT2D eigenvalue weighted by molar-refractivity contribution is -0.140. The molecule has 0 saturated heterocycles. The van der Waals surface area contributed by atoms with Crippen molar-refractivity contribution in [1.29, 1.82) is 5.26 Å². The number of dihydropyridines is 1. The molecule has 10 heteroatoms. The minimum Gasteiger partial charge on any atom is -0.460 e. The first kappa shape index (κ1) is 26.8. The molecule has 1 amide bonds. The number of esters is 1. The van der Waals surface area contributed by atoms with E-state index < -0.39 is 11.9 Å². The van der Waals surface area contributed by atoms with Crippen LogP contribution in [-0.4, -0.2) is 38.0 Å². The molecule has 0 radical (unpaired) electrons. The van der Waals surface area contributed by atoms with Gasteiger partial charge in [0, 0.05) is 28.0 Å². The van der Waals surface area contributed by atoms with Crippen LogP contribution in [0.2, 0.25) is 5.02 Å². The normalized spacial score (nSPS) is 15.3. The third-order valence-corrected chi connectivity index (χ3v) is 6.86. The van der Waals surface area contributed by atoms with E-state index in [4.69, 9.17) is 21.1 Å². The van der Waals surface area contributed by atoms with Gasteiger partial charge in [-0.1, -0.05) is 51.4 Å². The summed E-state index contributed by atoms with van der Waals surface area (Å²) in [4.78, 5) is 25.5. The van der Waals surface area contributed by atoms with Gasteiger partial charge >= 0.3 is 5.97 Å². The van der Waals surface area contributed by atoms with Crippen LogP contribution in [0.3, 0.4) is 0 Å². The Kier molecular flexibility index (Phi) is 9.81. The average molecular weight is 577 g/mol. The van der Waals surface area contributed by atoms with Crippen molar-refractivity contribution >= 4 is 56.9 Å². The monoisotopic (exact) mass is 575 g/mol. The maximum atomic E-state index is 13.0. The fourth-order valence-electron chi connectivity index (χ4n) is 3.45.